The van der Waals surface area contributed by atoms with Crippen molar-refractivity contribution in [3.05, 3.63) is 29.8 Å². The van der Waals surface area contributed by atoms with E-state index in [1.165, 1.54) is 0 Å². The van der Waals surface area contributed by atoms with Crippen LogP contribution in [0.5, 0.6) is 5.75 Å². The molecule has 1 aliphatic heterocycles. The summed E-state index contributed by atoms with van der Waals surface area (Å²) in [4.78, 5) is 11.4. The van der Waals surface area contributed by atoms with Gasteiger partial charge in [0, 0.05) is 13.0 Å². The SMILES string of the molecule is CC.CCCOC1COC[C@H](N)C(=O)OC(C)C1.Oc1ccc(C(F)(F)F)cc1. The molecule has 1 aliphatic rings. The minimum atomic E-state index is -4.33. The Morgan fingerprint density at radius 1 is 1.21 bits per heavy atom. The van der Waals surface area contributed by atoms with Crippen LogP contribution < -0.4 is 5.73 Å². The molecule has 2 rings (SSSR count). The Balaban J connectivity index is 0.000000526. The van der Waals surface area contributed by atoms with Gasteiger partial charge in [0.2, 0.25) is 0 Å². The van der Waals surface area contributed by atoms with Crippen LogP contribution in [0.4, 0.5) is 13.2 Å². The maximum Gasteiger partial charge on any atom is 0.416 e. The molecule has 3 atom stereocenters. The molecule has 1 fully saturated rings. The summed E-state index contributed by atoms with van der Waals surface area (Å²) in [5, 5.41) is 8.66. The van der Waals surface area contributed by atoms with E-state index in [2.05, 4.69) is 6.92 Å². The van der Waals surface area contributed by atoms with Gasteiger partial charge in [0.1, 0.15) is 17.9 Å². The molecule has 0 saturated carbocycles. The van der Waals surface area contributed by atoms with E-state index in [9.17, 15) is 18.0 Å². The smallest absolute Gasteiger partial charge is 0.416 e. The fourth-order valence-electron chi connectivity index (χ4n) is 2.22. The van der Waals surface area contributed by atoms with Crippen LogP contribution in [0, 0.1) is 0 Å². The molecule has 9 heteroatoms. The quantitative estimate of drug-likeness (QED) is 0.717. The van der Waals surface area contributed by atoms with Crippen molar-refractivity contribution in [2.24, 2.45) is 5.73 Å². The van der Waals surface area contributed by atoms with Gasteiger partial charge in [-0.2, -0.15) is 13.2 Å². The number of nitrogens with two attached hydrogens (primary N) is 1. The van der Waals surface area contributed by atoms with Gasteiger partial charge in [-0.05, 0) is 37.6 Å². The highest BCUT2D eigenvalue weighted by atomic mass is 19.4. The number of carbonyl (C=O) groups is 1. The number of esters is 1. The number of benzene rings is 1. The lowest BCUT2D eigenvalue weighted by Gasteiger charge is -2.19. The summed E-state index contributed by atoms with van der Waals surface area (Å²) in [6.45, 7) is 9.25. The third-order valence-corrected chi connectivity index (χ3v) is 3.57. The van der Waals surface area contributed by atoms with Crippen molar-refractivity contribution in [1.29, 1.82) is 0 Å². The van der Waals surface area contributed by atoms with Crippen LogP contribution in [0.1, 0.15) is 46.1 Å². The van der Waals surface area contributed by atoms with E-state index in [0.29, 0.717) is 19.6 Å². The van der Waals surface area contributed by atoms with Crippen LogP contribution in [0.3, 0.4) is 0 Å². The number of hydrogen-bond donors (Lipinski definition) is 2. The van der Waals surface area contributed by atoms with Crippen molar-refractivity contribution in [3.8, 4) is 5.75 Å². The number of rotatable bonds is 3. The first kappa shape index (κ1) is 27.2. The monoisotopic (exact) mass is 423 g/mol. The van der Waals surface area contributed by atoms with Crippen molar-refractivity contribution >= 4 is 5.97 Å². The number of carbonyl (C=O) groups excluding carboxylic acids is 1. The second-order valence-corrected chi connectivity index (χ2v) is 6.16. The Morgan fingerprint density at radius 3 is 2.31 bits per heavy atom. The van der Waals surface area contributed by atoms with Gasteiger partial charge >= 0.3 is 12.1 Å². The van der Waals surface area contributed by atoms with Crippen LogP contribution in [0.2, 0.25) is 0 Å². The largest absolute Gasteiger partial charge is 0.508 e. The zero-order chi connectivity index (χ0) is 22.4. The van der Waals surface area contributed by atoms with Gasteiger partial charge < -0.3 is 25.1 Å². The van der Waals surface area contributed by atoms with E-state index >= 15 is 0 Å². The van der Waals surface area contributed by atoms with E-state index in [0.717, 1.165) is 30.7 Å². The number of ether oxygens (including phenoxy) is 3. The molecule has 2 unspecified atom stereocenters. The third kappa shape index (κ3) is 11.7. The summed E-state index contributed by atoms with van der Waals surface area (Å²) in [5.41, 5.74) is 4.83. The highest BCUT2D eigenvalue weighted by molar-refractivity contribution is 5.75. The molecule has 0 amide bonds. The van der Waals surface area contributed by atoms with Gasteiger partial charge in [-0.1, -0.05) is 20.8 Å². The summed E-state index contributed by atoms with van der Waals surface area (Å²) in [7, 11) is 0. The first-order valence-corrected chi connectivity index (χ1v) is 9.65. The molecule has 0 radical (unpaired) electrons. The summed E-state index contributed by atoms with van der Waals surface area (Å²) < 4.78 is 51.6. The van der Waals surface area contributed by atoms with Gasteiger partial charge in [-0.25, -0.2) is 0 Å². The van der Waals surface area contributed by atoms with Crippen molar-refractivity contribution in [3.63, 3.8) is 0 Å². The van der Waals surface area contributed by atoms with E-state index in [1.54, 1.807) is 0 Å². The van der Waals surface area contributed by atoms with Crippen molar-refractivity contribution in [2.45, 2.75) is 65.0 Å². The van der Waals surface area contributed by atoms with Crippen LogP contribution in [0.15, 0.2) is 24.3 Å². The second kappa shape index (κ2) is 14.2. The number of alkyl halides is 3. The molecule has 1 aromatic carbocycles. The summed E-state index contributed by atoms with van der Waals surface area (Å²) in [5.74, 6) is -0.568. The summed E-state index contributed by atoms with van der Waals surface area (Å²) in [6, 6.07) is 2.98. The molecule has 1 heterocycles. The number of hydrogen-bond acceptors (Lipinski definition) is 6. The molecule has 6 nitrogen and oxygen atoms in total. The number of phenols is 1. The Bertz CT molecular complexity index is 566. The Labute approximate surface area is 170 Å². The first-order valence-electron chi connectivity index (χ1n) is 9.65. The molecule has 29 heavy (non-hydrogen) atoms. The minimum Gasteiger partial charge on any atom is -0.508 e. The summed E-state index contributed by atoms with van der Waals surface area (Å²) in [6.07, 6.45) is -2.91. The molecule has 0 aliphatic carbocycles. The first-order chi connectivity index (χ1) is 13.6. The molecule has 168 valence electrons. The van der Waals surface area contributed by atoms with Gasteiger partial charge in [0.25, 0.3) is 0 Å². The van der Waals surface area contributed by atoms with Gasteiger partial charge in [-0.3, -0.25) is 4.79 Å². The number of halogens is 3. The number of cyclic esters (lactones) is 1. The Morgan fingerprint density at radius 2 is 1.79 bits per heavy atom. The average molecular weight is 423 g/mol. The number of aromatic hydroxyl groups is 1. The fourth-order valence-corrected chi connectivity index (χ4v) is 2.22. The molecule has 0 bridgehead atoms. The topological polar surface area (TPSA) is 91.0 Å². The lowest BCUT2D eigenvalue weighted by Crippen LogP contribution is -2.37. The molecular formula is C20H32F3NO5. The van der Waals surface area contributed by atoms with E-state index in [1.807, 2.05) is 20.8 Å². The maximum atomic E-state index is 11.8. The fraction of sp³-hybridized carbons (Fsp3) is 0.650. The normalized spacial score (nSPS) is 22.5. The van der Waals surface area contributed by atoms with Gasteiger partial charge in [0.15, 0.2) is 0 Å². The standard InChI is InChI=1S/C11H21NO4.C7H5F3O.C2H6/c1-3-4-15-9-5-8(2)16-11(13)10(12)7-14-6-9;8-7(9,10)5-1-3-6(11)4-2-5;1-2/h8-10H,3-7,12H2,1-2H3;1-4,11H;1-2H3/t8?,9?,10-;;/m0../s1. The van der Waals surface area contributed by atoms with Gasteiger partial charge in [-0.15, -0.1) is 0 Å². The highest BCUT2D eigenvalue weighted by Gasteiger charge is 2.29. The predicted octanol–water partition coefficient (Wildman–Crippen LogP) is 3.90. The molecule has 1 aromatic rings. The van der Waals surface area contributed by atoms with Gasteiger partial charge in [0.05, 0.1) is 24.9 Å². The molecule has 3 N–H and O–H groups in total. The van der Waals surface area contributed by atoms with E-state index < -0.39 is 23.8 Å². The van der Waals surface area contributed by atoms with Crippen molar-refractivity contribution in [2.75, 3.05) is 19.8 Å². The predicted molar refractivity (Wildman–Crippen MR) is 103 cm³/mol. The molecule has 1 saturated heterocycles. The Hall–Kier alpha value is -1.84. The second-order valence-electron chi connectivity index (χ2n) is 6.16. The van der Waals surface area contributed by atoms with E-state index in [4.69, 9.17) is 25.1 Å². The van der Waals surface area contributed by atoms with Crippen LogP contribution in [0.25, 0.3) is 0 Å². The van der Waals surface area contributed by atoms with Crippen LogP contribution in [-0.4, -0.2) is 49.1 Å². The van der Waals surface area contributed by atoms with Crippen molar-refractivity contribution in [1.82, 2.24) is 0 Å². The van der Waals surface area contributed by atoms with Crippen LogP contribution >= 0.6 is 0 Å². The van der Waals surface area contributed by atoms with E-state index in [-0.39, 0.29) is 24.6 Å². The molecule has 0 aromatic heterocycles. The Kier molecular flexibility index (Phi) is 13.3. The molecule has 0 spiro atoms. The third-order valence-electron chi connectivity index (χ3n) is 3.57. The minimum absolute atomic E-state index is 0.0203. The lowest BCUT2D eigenvalue weighted by molar-refractivity contribution is -0.151. The highest BCUT2D eigenvalue weighted by Crippen LogP contribution is 2.29. The average Bonchev–Trinajstić information content (AvgIpc) is 2.72. The number of phenolic OH excluding ortho intramolecular Hbond substituents is 1. The molecular weight excluding hydrogens is 391 g/mol. The zero-order valence-corrected chi connectivity index (χ0v) is 17.4. The van der Waals surface area contributed by atoms with Crippen LogP contribution in [-0.2, 0) is 25.2 Å². The van der Waals surface area contributed by atoms with Crippen molar-refractivity contribution < 1.29 is 37.3 Å². The maximum absolute atomic E-state index is 11.8. The lowest BCUT2D eigenvalue weighted by atomic mass is 10.2. The zero-order valence-electron chi connectivity index (χ0n) is 17.4. The summed E-state index contributed by atoms with van der Waals surface area (Å²) >= 11 is 0.